The first-order valence-electron chi connectivity index (χ1n) is 6.95. The summed E-state index contributed by atoms with van der Waals surface area (Å²) >= 11 is 1.35. The molecule has 7 heteroatoms. The van der Waals surface area contributed by atoms with Crippen molar-refractivity contribution in [1.29, 1.82) is 0 Å². The molecule has 1 heterocycles. The van der Waals surface area contributed by atoms with Crippen molar-refractivity contribution in [2.75, 3.05) is 12.4 Å². The second-order valence-electron chi connectivity index (χ2n) is 4.90. The predicted molar refractivity (Wildman–Crippen MR) is 79.7 cm³/mol. The van der Waals surface area contributed by atoms with E-state index in [1.54, 1.807) is 0 Å². The summed E-state index contributed by atoms with van der Waals surface area (Å²) in [7, 11) is 1.30. The van der Waals surface area contributed by atoms with Gasteiger partial charge in [0, 0.05) is 11.0 Å². The van der Waals surface area contributed by atoms with Gasteiger partial charge in [0.25, 0.3) is 0 Å². The minimum absolute atomic E-state index is 0.389. The number of hydrogen-bond acceptors (Lipinski definition) is 6. The molecule has 1 aromatic heterocycles. The predicted octanol–water partition coefficient (Wildman–Crippen LogP) is 1.05. The van der Waals surface area contributed by atoms with Crippen molar-refractivity contribution in [3.05, 3.63) is 28.2 Å². The Balaban J connectivity index is 2.32. The summed E-state index contributed by atoms with van der Waals surface area (Å²) in [5.41, 5.74) is 1.33. The molecule has 0 unspecified atom stereocenters. The Morgan fingerprint density at radius 3 is 2.59 bits per heavy atom. The summed E-state index contributed by atoms with van der Waals surface area (Å²) in [5, 5.41) is 13.3. The maximum Gasteiger partial charge on any atom is 0.341 e. The number of thiophene rings is 1. The van der Waals surface area contributed by atoms with E-state index in [0.717, 1.165) is 48.6 Å². The number of methoxy groups -OCH3 is 1. The normalized spacial score (nSPS) is 14.2. The van der Waals surface area contributed by atoms with Gasteiger partial charge in [0.05, 0.1) is 18.6 Å². The van der Waals surface area contributed by atoms with Gasteiger partial charge in [-0.25, -0.2) is 4.79 Å². The van der Waals surface area contributed by atoms with Crippen LogP contribution in [0.2, 0.25) is 0 Å². The van der Waals surface area contributed by atoms with Gasteiger partial charge in [0.15, 0.2) is 0 Å². The first-order chi connectivity index (χ1) is 10.5. The average Bonchev–Trinajstić information content (AvgIpc) is 2.66. The zero-order chi connectivity index (χ0) is 16.1. The second kappa shape index (κ2) is 7.22. The molecule has 0 fully saturated rings. The topological polar surface area (TPSA) is 95.5 Å². The van der Waals surface area contributed by atoms with Gasteiger partial charge in [-0.2, -0.15) is 0 Å². The van der Waals surface area contributed by atoms with Gasteiger partial charge in [-0.05, 0) is 37.3 Å². The van der Waals surface area contributed by atoms with E-state index in [1.165, 1.54) is 18.4 Å². The fourth-order valence-corrected chi connectivity index (χ4v) is 3.73. The summed E-state index contributed by atoms with van der Waals surface area (Å²) in [6.07, 6.45) is 6.30. The number of carboxylic acid groups (broad SMARTS) is 1. The van der Waals surface area contributed by atoms with Crippen molar-refractivity contribution in [2.24, 2.45) is 0 Å². The SMILES string of the molecule is COC(=O)c1c(NC(=O)/C=C/C(=O)[O-])sc2c1CCCCC2. The molecule has 0 saturated heterocycles. The summed E-state index contributed by atoms with van der Waals surface area (Å²) in [6, 6.07) is 0. The molecular formula is C15H16NO5S-. The Labute approximate surface area is 131 Å². The molecule has 0 aliphatic heterocycles. The highest BCUT2D eigenvalue weighted by Crippen LogP contribution is 2.37. The van der Waals surface area contributed by atoms with Gasteiger partial charge in [0.1, 0.15) is 5.00 Å². The van der Waals surface area contributed by atoms with Crippen LogP contribution in [-0.2, 0) is 27.2 Å². The molecule has 1 aliphatic carbocycles. The quantitative estimate of drug-likeness (QED) is 0.508. The van der Waals surface area contributed by atoms with Crippen molar-refractivity contribution in [2.45, 2.75) is 32.1 Å². The number of anilines is 1. The highest BCUT2D eigenvalue weighted by molar-refractivity contribution is 7.17. The molecule has 0 bridgehead atoms. The third kappa shape index (κ3) is 3.73. The number of fused-ring (bicyclic) bond motifs is 1. The van der Waals surface area contributed by atoms with E-state index in [0.29, 0.717) is 16.6 Å². The number of nitrogens with one attached hydrogen (secondary N) is 1. The van der Waals surface area contributed by atoms with Crippen LogP contribution < -0.4 is 10.4 Å². The molecule has 1 amide bonds. The Morgan fingerprint density at radius 1 is 1.18 bits per heavy atom. The van der Waals surface area contributed by atoms with Crippen molar-refractivity contribution < 1.29 is 24.2 Å². The van der Waals surface area contributed by atoms with Gasteiger partial charge in [0.2, 0.25) is 5.91 Å². The van der Waals surface area contributed by atoms with E-state index in [2.05, 4.69) is 5.32 Å². The lowest BCUT2D eigenvalue weighted by Gasteiger charge is -2.06. The van der Waals surface area contributed by atoms with E-state index in [1.807, 2.05) is 0 Å². The Kier molecular flexibility index (Phi) is 5.32. The number of ether oxygens (including phenoxy) is 1. The van der Waals surface area contributed by atoms with Crippen LogP contribution in [0.3, 0.4) is 0 Å². The Morgan fingerprint density at radius 2 is 1.91 bits per heavy atom. The van der Waals surface area contributed by atoms with Crippen LogP contribution >= 0.6 is 11.3 Å². The number of amides is 1. The lowest BCUT2D eigenvalue weighted by atomic mass is 10.1. The monoisotopic (exact) mass is 322 g/mol. The summed E-state index contributed by atoms with van der Waals surface area (Å²) in [5.74, 6) is -2.56. The van der Waals surface area contributed by atoms with Crippen LogP contribution in [0.1, 0.15) is 40.1 Å². The smallest absolute Gasteiger partial charge is 0.341 e. The molecule has 0 saturated carbocycles. The van der Waals surface area contributed by atoms with E-state index >= 15 is 0 Å². The Hall–Kier alpha value is -2.15. The van der Waals surface area contributed by atoms with Gasteiger partial charge in [-0.3, -0.25) is 4.79 Å². The third-order valence-corrected chi connectivity index (χ3v) is 4.63. The number of rotatable bonds is 4. The second-order valence-corrected chi connectivity index (χ2v) is 6.01. The van der Waals surface area contributed by atoms with E-state index in [4.69, 9.17) is 4.74 Å². The van der Waals surface area contributed by atoms with Gasteiger partial charge in [-0.1, -0.05) is 6.42 Å². The molecule has 1 aliphatic rings. The zero-order valence-electron chi connectivity index (χ0n) is 12.1. The molecule has 0 spiro atoms. The largest absolute Gasteiger partial charge is 0.545 e. The van der Waals surface area contributed by atoms with Crippen LogP contribution in [0.4, 0.5) is 5.00 Å². The van der Waals surface area contributed by atoms with Gasteiger partial charge < -0.3 is 20.0 Å². The van der Waals surface area contributed by atoms with E-state index in [9.17, 15) is 19.5 Å². The standard InChI is InChI=1S/C15H17NO5S/c1-21-15(20)13-9-5-3-2-4-6-10(9)22-14(13)16-11(17)7-8-12(18)19/h7-8H,2-6H2,1H3,(H,16,17)(H,18,19)/p-1/b8-7+. The lowest BCUT2D eigenvalue weighted by Crippen LogP contribution is -2.20. The number of hydrogen-bond donors (Lipinski definition) is 1. The van der Waals surface area contributed by atoms with Crippen molar-refractivity contribution in [1.82, 2.24) is 0 Å². The fourth-order valence-electron chi connectivity index (χ4n) is 2.45. The van der Waals surface area contributed by atoms with Crippen LogP contribution in [-0.4, -0.2) is 25.0 Å². The van der Waals surface area contributed by atoms with Gasteiger partial charge in [-0.15, -0.1) is 11.3 Å². The lowest BCUT2D eigenvalue weighted by molar-refractivity contribution is -0.297. The first-order valence-corrected chi connectivity index (χ1v) is 7.77. The fraction of sp³-hybridized carbons (Fsp3) is 0.400. The molecule has 22 heavy (non-hydrogen) atoms. The van der Waals surface area contributed by atoms with Crippen molar-refractivity contribution in [3.63, 3.8) is 0 Å². The molecule has 6 nitrogen and oxygen atoms in total. The molecule has 1 aromatic rings. The summed E-state index contributed by atoms with van der Waals surface area (Å²) in [4.78, 5) is 35.2. The zero-order valence-corrected chi connectivity index (χ0v) is 13.0. The molecule has 118 valence electrons. The first kappa shape index (κ1) is 16.2. The molecule has 2 rings (SSSR count). The number of carbonyl (C=O) groups is 3. The highest BCUT2D eigenvalue weighted by atomic mass is 32.1. The Bertz CT molecular complexity index is 632. The number of esters is 1. The molecule has 0 atom stereocenters. The molecular weight excluding hydrogens is 306 g/mol. The molecule has 0 radical (unpaired) electrons. The highest BCUT2D eigenvalue weighted by Gasteiger charge is 2.25. The molecule has 0 aromatic carbocycles. The van der Waals surface area contributed by atoms with Crippen LogP contribution in [0.5, 0.6) is 0 Å². The summed E-state index contributed by atoms with van der Waals surface area (Å²) in [6.45, 7) is 0. The third-order valence-electron chi connectivity index (χ3n) is 3.42. The average molecular weight is 322 g/mol. The number of aryl methyl sites for hydroxylation is 1. The maximum absolute atomic E-state index is 12.0. The van der Waals surface area contributed by atoms with Crippen molar-refractivity contribution in [3.8, 4) is 0 Å². The van der Waals surface area contributed by atoms with E-state index < -0.39 is 17.8 Å². The van der Waals surface area contributed by atoms with Crippen LogP contribution in [0.15, 0.2) is 12.2 Å². The number of aliphatic carboxylic acids is 1. The number of carbonyl (C=O) groups excluding carboxylic acids is 3. The minimum atomic E-state index is -1.45. The van der Waals surface area contributed by atoms with Crippen molar-refractivity contribution >= 4 is 34.2 Å². The van der Waals surface area contributed by atoms with Gasteiger partial charge >= 0.3 is 5.97 Å². The van der Waals surface area contributed by atoms with Crippen LogP contribution in [0, 0.1) is 0 Å². The van der Waals surface area contributed by atoms with E-state index in [-0.39, 0.29) is 0 Å². The molecule has 1 N–H and O–H groups in total. The van der Waals surface area contributed by atoms with Crippen LogP contribution in [0.25, 0.3) is 0 Å². The number of carboxylic acids is 1. The summed E-state index contributed by atoms with van der Waals surface area (Å²) < 4.78 is 4.82. The maximum atomic E-state index is 12.0. The minimum Gasteiger partial charge on any atom is -0.545 e.